The number of nitrogens with two attached hydrogens (primary N) is 1. The van der Waals surface area contributed by atoms with Crippen molar-refractivity contribution in [1.82, 2.24) is 20.1 Å². The van der Waals surface area contributed by atoms with Crippen molar-refractivity contribution >= 4 is 38.6 Å². The summed E-state index contributed by atoms with van der Waals surface area (Å²) < 4.78 is 13.5. The first-order chi connectivity index (χ1) is 17.6. The molecule has 0 spiro atoms. The van der Waals surface area contributed by atoms with Gasteiger partial charge in [-0.1, -0.05) is 0 Å². The zero-order valence-corrected chi connectivity index (χ0v) is 22.2. The molecule has 194 valence electrons. The number of amides is 2. The Morgan fingerprint density at radius 1 is 1.32 bits per heavy atom. The highest BCUT2D eigenvalue weighted by Gasteiger charge is 2.49. The number of pyridine rings is 1. The summed E-state index contributed by atoms with van der Waals surface area (Å²) >= 11 is 3.42. The summed E-state index contributed by atoms with van der Waals surface area (Å²) in [6, 6.07) is 5.54. The van der Waals surface area contributed by atoms with Gasteiger partial charge in [0.2, 0.25) is 5.91 Å². The van der Waals surface area contributed by atoms with E-state index in [2.05, 4.69) is 31.3 Å². The number of rotatable bonds is 8. The second-order valence-corrected chi connectivity index (χ2v) is 11.2. The van der Waals surface area contributed by atoms with E-state index in [4.69, 9.17) is 15.2 Å². The van der Waals surface area contributed by atoms with Crippen LogP contribution in [0.25, 0.3) is 10.9 Å². The largest absolute Gasteiger partial charge is 0.494 e. The van der Waals surface area contributed by atoms with E-state index in [9.17, 15) is 14.7 Å². The third-order valence-corrected chi connectivity index (χ3v) is 8.32. The Hall–Kier alpha value is -3.18. The average Bonchev–Trinajstić information content (AvgIpc) is 3.82. The molecule has 0 bridgehead atoms. The van der Waals surface area contributed by atoms with Crippen LogP contribution in [0.4, 0.5) is 0 Å². The molecule has 2 saturated carbocycles. The van der Waals surface area contributed by atoms with Gasteiger partial charge in [-0.2, -0.15) is 5.10 Å². The highest BCUT2D eigenvalue weighted by molar-refractivity contribution is 9.10. The van der Waals surface area contributed by atoms with Crippen molar-refractivity contribution in [2.24, 2.45) is 11.7 Å². The van der Waals surface area contributed by atoms with Gasteiger partial charge in [-0.05, 0) is 72.7 Å². The smallest absolute Gasteiger partial charge is 0.251 e. The number of carbonyl (C=O) groups excluding carboxylic acids is 2. The lowest BCUT2D eigenvalue weighted by Gasteiger charge is -2.29. The predicted octanol–water partition coefficient (Wildman–Crippen LogP) is 2.70. The summed E-state index contributed by atoms with van der Waals surface area (Å²) in [5, 5.41) is 20.2. The molecule has 1 aromatic carbocycles. The molecule has 37 heavy (non-hydrogen) atoms. The number of hydrogen-bond donors (Lipinski definition) is 3. The molecule has 0 saturated heterocycles. The molecule has 1 unspecified atom stereocenters. The van der Waals surface area contributed by atoms with Gasteiger partial charge in [-0.25, -0.2) is 4.98 Å². The van der Waals surface area contributed by atoms with Crippen molar-refractivity contribution < 1.29 is 24.2 Å². The number of hydrogen-bond acceptors (Lipinski definition) is 7. The van der Waals surface area contributed by atoms with E-state index < -0.39 is 16.9 Å². The van der Waals surface area contributed by atoms with Gasteiger partial charge in [-0.3, -0.25) is 14.3 Å². The number of nitrogens with one attached hydrogen (secondary N) is 1. The molecule has 11 heteroatoms. The number of nitrogens with zero attached hydrogens (tertiary/aromatic N) is 3. The molecule has 2 aliphatic carbocycles. The second-order valence-electron chi connectivity index (χ2n) is 10.5. The zero-order chi connectivity index (χ0) is 26.1. The van der Waals surface area contributed by atoms with Crippen LogP contribution in [0.15, 0.2) is 29.0 Å². The van der Waals surface area contributed by atoms with E-state index in [0.717, 1.165) is 31.1 Å². The van der Waals surface area contributed by atoms with Crippen LogP contribution in [0.3, 0.4) is 0 Å². The van der Waals surface area contributed by atoms with Crippen LogP contribution in [0, 0.1) is 5.92 Å². The molecule has 2 fully saturated rings. The lowest BCUT2D eigenvalue weighted by atomic mass is 9.82. The molecule has 10 nitrogen and oxygen atoms in total. The van der Waals surface area contributed by atoms with Crippen LogP contribution in [-0.4, -0.2) is 51.9 Å². The number of methoxy groups -OCH3 is 1. The molecular formula is C26H28BrN5O5. The van der Waals surface area contributed by atoms with Crippen molar-refractivity contribution in [3.05, 3.63) is 45.8 Å². The monoisotopic (exact) mass is 569 g/mol. The van der Waals surface area contributed by atoms with Gasteiger partial charge >= 0.3 is 0 Å². The van der Waals surface area contributed by atoms with E-state index in [1.165, 1.54) is 0 Å². The summed E-state index contributed by atoms with van der Waals surface area (Å²) in [5.74, 6) is 0.0203. The van der Waals surface area contributed by atoms with Crippen molar-refractivity contribution in [1.29, 1.82) is 0 Å². The molecule has 3 aliphatic rings. The Labute approximate surface area is 221 Å². The summed E-state index contributed by atoms with van der Waals surface area (Å²) in [7, 11) is 1.55. The molecule has 2 atom stereocenters. The van der Waals surface area contributed by atoms with Crippen LogP contribution >= 0.6 is 15.9 Å². The molecule has 3 aromatic rings. The van der Waals surface area contributed by atoms with Crippen molar-refractivity contribution in [3.63, 3.8) is 0 Å². The summed E-state index contributed by atoms with van der Waals surface area (Å²) in [6.07, 6.45) is 5.73. The molecule has 2 aromatic heterocycles. The fourth-order valence-corrected chi connectivity index (χ4v) is 5.54. The highest BCUT2D eigenvalue weighted by Crippen LogP contribution is 2.49. The maximum atomic E-state index is 13.3. The maximum Gasteiger partial charge on any atom is 0.251 e. The summed E-state index contributed by atoms with van der Waals surface area (Å²) in [4.78, 5) is 30.1. The fraction of sp³-hybridized carbons (Fsp3) is 0.462. The molecule has 0 radical (unpaired) electrons. The first-order valence-electron chi connectivity index (χ1n) is 12.4. The normalized spacial score (nSPS) is 22.3. The lowest BCUT2D eigenvalue weighted by molar-refractivity contribution is -0.123. The Morgan fingerprint density at radius 2 is 2.08 bits per heavy atom. The molecule has 3 heterocycles. The van der Waals surface area contributed by atoms with Crippen molar-refractivity contribution in [2.45, 2.75) is 49.7 Å². The average molecular weight is 570 g/mol. The van der Waals surface area contributed by atoms with Gasteiger partial charge in [0.1, 0.15) is 33.5 Å². The van der Waals surface area contributed by atoms with Crippen LogP contribution in [0.2, 0.25) is 0 Å². The van der Waals surface area contributed by atoms with E-state index >= 15 is 0 Å². The van der Waals surface area contributed by atoms with Gasteiger partial charge in [-0.15, -0.1) is 0 Å². The third-order valence-electron chi connectivity index (χ3n) is 7.78. The van der Waals surface area contributed by atoms with E-state index in [1.54, 1.807) is 32.2 Å². The maximum absolute atomic E-state index is 13.3. The second kappa shape index (κ2) is 8.42. The molecule has 4 N–H and O–H groups in total. The number of ether oxygens (including phenoxy) is 2. The van der Waals surface area contributed by atoms with Crippen LogP contribution < -0.4 is 20.5 Å². The topological polar surface area (TPSA) is 142 Å². The molecule has 6 rings (SSSR count). The van der Waals surface area contributed by atoms with Gasteiger partial charge < -0.3 is 25.6 Å². The number of primary amides is 1. The first kappa shape index (κ1) is 24.2. The highest BCUT2D eigenvalue weighted by atomic mass is 79.9. The zero-order valence-electron chi connectivity index (χ0n) is 20.6. The Balaban J connectivity index is 1.29. The number of carbonyl (C=O) groups is 2. The molecular weight excluding hydrogens is 542 g/mol. The minimum Gasteiger partial charge on any atom is -0.494 e. The minimum atomic E-state index is -1.43. The Kier molecular flexibility index (Phi) is 5.50. The number of aliphatic hydroxyl groups is 1. The van der Waals surface area contributed by atoms with Crippen LogP contribution in [-0.2, 0) is 15.8 Å². The molecule has 1 aliphatic heterocycles. The molecule has 2 amide bonds. The van der Waals surface area contributed by atoms with E-state index in [1.807, 2.05) is 10.9 Å². The fourth-order valence-electron chi connectivity index (χ4n) is 5.03. The number of benzene rings is 1. The number of fused-ring (bicyclic) bond motifs is 2. The Bertz CT molecular complexity index is 1450. The van der Waals surface area contributed by atoms with Crippen molar-refractivity contribution in [3.8, 4) is 11.5 Å². The van der Waals surface area contributed by atoms with E-state index in [-0.39, 0.29) is 25.0 Å². The lowest BCUT2D eigenvalue weighted by Crippen LogP contribution is -2.44. The van der Waals surface area contributed by atoms with Gasteiger partial charge in [0.25, 0.3) is 5.91 Å². The van der Waals surface area contributed by atoms with E-state index in [0.29, 0.717) is 44.5 Å². The summed E-state index contributed by atoms with van der Waals surface area (Å²) in [5.41, 5.74) is 5.27. The van der Waals surface area contributed by atoms with Crippen molar-refractivity contribution in [2.75, 3.05) is 20.3 Å². The number of aromatic nitrogens is 3. The quantitative estimate of drug-likeness (QED) is 0.354. The van der Waals surface area contributed by atoms with Crippen LogP contribution in [0.1, 0.15) is 60.3 Å². The third kappa shape index (κ3) is 3.95. The van der Waals surface area contributed by atoms with Gasteiger partial charge in [0.05, 0.1) is 25.4 Å². The predicted molar refractivity (Wildman–Crippen MR) is 137 cm³/mol. The van der Waals surface area contributed by atoms with Gasteiger partial charge in [0, 0.05) is 22.7 Å². The van der Waals surface area contributed by atoms with Crippen LogP contribution in [0.5, 0.6) is 11.5 Å². The standard InChI is InChI=1S/C26H28BrN5O5/c1-25(24(28)34)12-37-21-17(25)9-19(30-22(21)27)26(35,15-3-4-15)11-29-23(33)13-7-14-10-32(16-5-6-16)31-20(14)18(8-13)36-2/h7-10,15-16,35H,3-6,11-12H2,1-2H3,(H2,28,34)(H,29,33)/t25-,26?/m0/s1. The first-order valence-corrected chi connectivity index (χ1v) is 13.1. The minimum absolute atomic E-state index is 0.0510. The number of halogens is 1. The SMILES string of the molecule is COc1cc(C(=O)NCC(O)(c2cc3c(c(Br)n2)OC[C@]3(C)C(N)=O)C2CC2)cc2cn(C3CC3)nc12. The Morgan fingerprint density at radius 3 is 2.73 bits per heavy atom. The summed E-state index contributed by atoms with van der Waals surface area (Å²) in [6.45, 7) is 1.76. The van der Waals surface area contributed by atoms with Gasteiger partial charge in [0.15, 0.2) is 5.75 Å².